The SMILES string of the molecule is [OH+]=C(C1=CC=[C+]C=C1)C1=CC=C=CC1. The van der Waals surface area contributed by atoms with Gasteiger partial charge in [-0.25, -0.2) is 0 Å². The summed E-state index contributed by atoms with van der Waals surface area (Å²) in [5.41, 5.74) is 4.72. The van der Waals surface area contributed by atoms with Crippen molar-refractivity contribution in [2.75, 3.05) is 0 Å². The minimum Gasteiger partial charge on any atom is -0.270 e. The van der Waals surface area contributed by atoms with E-state index in [-0.39, 0.29) is 0 Å². The third-order valence-electron chi connectivity index (χ3n) is 2.12. The zero-order chi connectivity index (χ0) is 9.80. The molecular weight excluding hydrogens is 172 g/mol. The Labute approximate surface area is 83.1 Å². The summed E-state index contributed by atoms with van der Waals surface area (Å²) in [6.45, 7) is 0. The molecule has 0 bridgehead atoms. The van der Waals surface area contributed by atoms with E-state index < -0.39 is 0 Å². The molecule has 0 amide bonds. The molecule has 0 saturated heterocycles. The van der Waals surface area contributed by atoms with Gasteiger partial charge in [0.2, 0.25) is 0 Å². The van der Waals surface area contributed by atoms with Gasteiger partial charge in [-0.05, 0) is 18.2 Å². The van der Waals surface area contributed by atoms with E-state index in [2.05, 4.69) is 11.8 Å². The standard InChI is InChI=1S/C13H9O/c14-13(11-7-3-1-4-8-11)12-9-5-2-6-10-12/h3-9H,10H2/q+1/p+1. The van der Waals surface area contributed by atoms with Crippen molar-refractivity contribution in [1.29, 1.82) is 0 Å². The predicted octanol–water partition coefficient (Wildman–Crippen LogP) is 2.43. The van der Waals surface area contributed by atoms with Crippen LogP contribution in [0.4, 0.5) is 0 Å². The van der Waals surface area contributed by atoms with E-state index >= 15 is 0 Å². The van der Waals surface area contributed by atoms with Crippen molar-refractivity contribution in [3.63, 3.8) is 0 Å². The van der Waals surface area contributed by atoms with Crippen LogP contribution in [0.2, 0.25) is 0 Å². The van der Waals surface area contributed by atoms with Crippen molar-refractivity contribution in [3.05, 3.63) is 65.5 Å². The maximum Gasteiger partial charge on any atom is 0.377 e. The van der Waals surface area contributed by atoms with Crippen LogP contribution in [0.1, 0.15) is 6.42 Å². The third kappa shape index (κ3) is 1.70. The second-order valence-electron chi connectivity index (χ2n) is 3.07. The molecule has 2 aliphatic rings. The van der Waals surface area contributed by atoms with E-state index in [9.17, 15) is 4.79 Å². The van der Waals surface area contributed by atoms with Crippen molar-refractivity contribution in [2.24, 2.45) is 0 Å². The fourth-order valence-corrected chi connectivity index (χ4v) is 1.36. The zero-order valence-electron chi connectivity index (χ0n) is 7.70. The van der Waals surface area contributed by atoms with E-state index in [4.69, 9.17) is 0 Å². The Morgan fingerprint density at radius 3 is 3.00 bits per heavy atom. The summed E-state index contributed by atoms with van der Waals surface area (Å²) in [5.74, 6) is 0.341. The van der Waals surface area contributed by atoms with Gasteiger partial charge in [0, 0.05) is 12.5 Å². The minimum absolute atomic E-state index is 0.341. The molecule has 0 fully saturated rings. The summed E-state index contributed by atoms with van der Waals surface area (Å²) in [7, 11) is 0. The number of hydrogen-bond acceptors (Lipinski definition) is 0. The number of carbonyl (C=O) groups excluding carboxylic acids is 1. The zero-order valence-corrected chi connectivity index (χ0v) is 7.70. The molecule has 0 unspecified atom stereocenters. The maximum atomic E-state index is 9.91. The molecular formula is C13H10O+2. The molecule has 1 N–H and O–H groups in total. The second kappa shape index (κ2) is 3.85. The Hall–Kier alpha value is -1.94. The van der Waals surface area contributed by atoms with Crippen LogP contribution in [0, 0.1) is 6.08 Å². The molecule has 0 radical (unpaired) electrons. The molecule has 0 aromatic rings. The average molecular weight is 182 g/mol. The predicted molar refractivity (Wildman–Crippen MR) is 57.3 cm³/mol. The van der Waals surface area contributed by atoms with Crippen molar-refractivity contribution >= 4 is 5.78 Å². The van der Waals surface area contributed by atoms with E-state index in [1.807, 2.05) is 30.4 Å². The number of rotatable bonds is 2. The average Bonchev–Trinajstić information content (AvgIpc) is 2.30. The van der Waals surface area contributed by atoms with Crippen molar-refractivity contribution < 1.29 is 4.79 Å². The highest BCUT2D eigenvalue weighted by Crippen LogP contribution is 2.15. The first-order chi connectivity index (χ1) is 6.88. The van der Waals surface area contributed by atoms with Gasteiger partial charge in [0.15, 0.2) is 5.57 Å². The van der Waals surface area contributed by atoms with E-state index in [0.29, 0.717) is 5.78 Å². The Bertz CT molecular complexity index is 436. The van der Waals surface area contributed by atoms with Crippen LogP contribution in [-0.2, 0) is 0 Å². The molecule has 0 aromatic heterocycles. The van der Waals surface area contributed by atoms with Crippen molar-refractivity contribution in [2.45, 2.75) is 6.42 Å². The molecule has 0 aliphatic heterocycles. The van der Waals surface area contributed by atoms with Gasteiger partial charge in [0.05, 0.1) is 17.7 Å². The van der Waals surface area contributed by atoms with Gasteiger partial charge in [-0.1, -0.05) is 0 Å². The number of allylic oxidation sites excluding steroid dienone is 9. The molecule has 1 nitrogen and oxygen atoms in total. The molecule has 2 rings (SSSR count). The first-order valence-corrected chi connectivity index (χ1v) is 4.51. The lowest BCUT2D eigenvalue weighted by Crippen LogP contribution is -2.06. The highest BCUT2D eigenvalue weighted by molar-refractivity contribution is 6.11. The smallest absolute Gasteiger partial charge is 0.270 e. The third-order valence-corrected chi connectivity index (χ3v) is 2.12. The molecule has 66 valence electrons. The monoisotopic (exact) mass is 182 g/mol. The summed E-state index contributed by atoms with van der Waals surface area (Å²) < 4.78 is 0. The highest BCUT2D eigenvalue weighted by Gasteiger charge is 2.23. The number of ketones is 1. The van der Waals surface area contributed by atoms with Crippen LogP contribution in [0.25, 0.3) is 0 Å². The summed E-state index contributed by atoms with van der Waals surface area (Å²) in [4.78, 5) is 9.91. The highest BCUT2D eigenvalue weighted by atomic mass is 16.1. The summed E-state index contributed by atoms with van der Waals surface area (Å²) >= 11 is 0. The lowest BCUT2D eigenvalue weighted by molar-refractivity contribution is 0.676. The second-order valence-corrected chi connectivity index (χ2v) is 3.07. The van der Waals surface area contributed by atoms with Gasteiger partial charge >= 0.3 is 5.78 Å². The van der Waals surface area contributed by atoms with E-state index in [1.54, 1.807) is 12.2 Å². The van der Waals surface area contributed by atoms with Crippen molar-refractivity contribution in [1.82, 2.24) is 0 Å². The molecule has 0 atom stereocenters. The van der Waals surface area contributed by atoms with Gasteiger partial charge < -0.3 is 0 Å². The Balaban J connectivity index is 2.21. The van der Waals surface area contributed by atoms with Crippen LogP contribution < -0.4 is 0 Å². The lowest BCUT2D eigenvalue weighted by atomic mass is 9.97. The first-order valence-electron chi connectivity index (χ1n) is 4.51. The van der Waals surface area contributed by atoms with Gasteiger partial charge in [-0.2, -0.15) is 0 Å². The fourth-order valence-electron chi connectivity index (χ4n) is 1.36. The molecule has 14 heavy (non-hydrogen) atoms. The molecule has 2 aliphatic carbocycles. The Morgan fingerprint density at radius 2 is 2.36 bits per heavy atom. The van der Waals surface area contributed by atoms with Gasteiger partial charge in [0.25, 0.3) is 0 Å². The summed E-state index contributed by atoms with van der Waals surface area (Å²) in [5, 5.41) is 0. The van der Waals surface area contributed by atoms with Crippen LogP contribution in [0.3, 0.4) is 0 Å². The minimum atomic E-state index is 0.341. The summed E-state index contributed by atoms with van der Waals surface area (Å²) in [6, 6.07) is 0. The van der Waals surface area contributed by atoms with Crippen LogP contribution in [0.5, 0.6) is 0 Å². The van der Waals surface area contributed by atoms with Crippen LogP contribution >= 0.6 is 0 Å². The summed E-state index contributed by atoms with van der Waals surface area (Å²) in [6.07, 6.45) is 16.5. The largest absolute Gasteiger partial charge is 0.377 e. The first kappa shape index (κ1) is 8.65. The quantitative estimate of drug-likeness (QED) is 0.355. The Kier molecular flexibility index (Phi) is 2.38. The molecule has 0 heterocycles. The lowest BCUT2D eigenvalue weighted by Gasteiger charge is -1.97. The van der Waals surface area contributed by atoms with Crippen molar-refractivity contribution in [3.8, 4) is 0 Å². The van der Waals surface area contributed by atoms with E-state index in [0.717, 1.165) is 17.6 Å². The number of hydrogen-bond donors (Lipinski definition) is 0. The molecule has 0 saturated carbocycles. The van der Waals surface area contributed by atoms with Crippen LogP contribution in [-0.4, -0.2) is 10.6 Å². The molecule has 0 spiro atoms. The molecule has 1 heteroatoms. The van der Waals surface area contributed by atoms with E-state index in [1.165, 1.54) is 0 Å². The maximum absolute atomic E-state index is 9.91. The molecule has 0 aromatic carbocycles. The van der Waals surface area contributed by atoms with Crippen LogP contribution in [0.15, 0.2) is 59.4 Å². The van der Waals surface area contributed by atoms with Gasteiger partial charge in [-0.15, -0.1) is 5.73 Å². The fraction of sp³-hybridized carbons (Fsp3) is 0.0769. The normalized spacial score (nSPS) is 17.4. The topological polar surface area (TPSA) is 21.4 Å². The Morgan fingerprint density at radius 1 is 1.43 bits per heavy atom. The van der Waals surface area contributed by atoms with Gasteiger partial charge in [0.1, 0.15) is 12.2 Å². The van der Waals surface area contributed by atoms with Gasteiger partial charge in [-0.3, -0.25) is 4.79 Å².